The molecule has 0 aromatic heterocycles. The summed E-state index contributed by atoms with van der Waals surface area (Å²) in [5.41, 5.74) is -0.498. The van der Waals surface area contributed by atoms with Crippen LogP contribution in [0.1, 0.15) is 33.6 Å². The van der Waals surface area contributed by atoms with Crippen molar-refractivity contribution in [3.63, 3.8) is 0 Å². The maximum Gasteiger partial charge on any atom is 0.332 e. The number of hydrogen-bond donors (Lipinski definition) is 1. The lowest BCUT2D eigenvalue weighted by molar-refractivity contribution is -0.160. The maximum absolute atomic E-state index is 11.4. The molecule has 0 spiro atoms. The van der Waals surface area contributed by atoms with Crippen molar-refractivity contribution in [1.82, 2.24) is 5.32 Å². The van der Waals surface area contributed by atoms with Gasteiger partial charge in [-0.1, -0.05) is 0 Å². The first-order chi connectivity index (χ1) is 16.0. The van der Waals surface area contributed by atoms with Crippen molar-refractivity contribution >= 4 is 5.97 Å². The third kappa shape index (κ3) is 21.4. The molecule has 1 aliphatic rings. The summed E-state index contributed by atoms with van der Waals surface area (Å²) in [6.45, 7) is 13.5. The highest BCUT2D eigenvalue weighted by Crippen LogP contribution is 2.07. The number of ether oxygens (including phenoxy) is 8. The van der Waals surface area contributed by atoms with Crippen LogP contribution in [0.4, 0.5) is 0 Å². The van der Waals surface area contributed by atoms with Crippen molar-refractivity contribution < 1.29 is 42.7 Å². The van der Waals surface area contributed by atoms with E-state index in [1.165, 1.54) is 0 Å². The topological polar surface area (TPSA) is 103 Å². The maximum atomic E-state index is 11.4. The molecule has 0 atom stereocenters. The third-order valence-corrected chi connectivity index (χ3v) is 4.37. The SMILES string of the molecule is CC(C)(C)OC(=O)COCCOCCOCCOCCOCCOCCOC1CCNCC1. The lowest BCUT2D eigenvalue weighted by Gasteiger charge is -2.22. The Morgan fingerprint density at radius 3 is 1.48 bits per heavy atom. The molecule has 0 aromatic carbocycles. The summed E-state index contributed by atoms with van der Waals surface area (Å²) in [7, 11) is 0. The molecule has 1 fully saturated rings. The molecular formula is C23H45NO9. The van der Waals surface area contributed by atoms with E-state index in [2.05, 4.69) is 5.32 Å². The van der Waals surface area contributed by atoms with Crippen LogP contribution < -0.4 is 5.32 Å². The van der Waals surface area contributed by atoms with Crippen LogP contribution in [0.2, 0.25) is 0 Å². The van der Waals surface area contributed by atoms with Crippen LogP contribution in [-0.2, 0) is 42.7 Å². The number of rotatable bonds is 21. The fraction of sp³-hybridized carbons (Fsp3) is 0.957. The van der Waals surface area contributed by atoms with Crippen molar-refractivity contribution in [2.75, 3.05) is 99.0 Å². The van der Waals surface area contributed by atoms with E-state index in [0.29, 0.717) is 85.4 Å². The molecule has 1 rings (SSSR count). The molecule has 0 bridgehead atoms. The molecule has 33 heavy (non-hydrogen) atoms. The first-order valence-electron chi connectivity index (χ1n) is 12.0. The molecule has 0 amide bonds. The second-order valence-electron chi connectivity index (χ2n) is 8.52. The fourth-order valence-electron chi connectivity index (χ4n) is 2.86. The van der Waals surface area contributed by atoms with Crippen molar-refractivity contribution in [1.29, 1.82) is 0 Å². The molecule has 1 aliphatic heterocycles. The largest absolute Gasteiger partial charge is 0.458 e. The van der Waals surface area contributed by atoms with Crippen LogP contribution in [0.15, 0.2) is 0 Å². The van der Waals surface area contributed by atoms with Crippen LogP contribution >= 0.6 is 0 Å². The van der Waals surface area contributed by atoms with Crippen LogP contribution in [0.3, 0.4) is 0 Å². The minimum Gasteiger partial charge on any atom is -0.458 e. The Hall–Kier alpha value is -0.850. The predicted molar refractivity (Wildman–Crippen MR) is 123 cm³/mol. The highest BCUT2D eigenvalue weighted by molar-refractivity contribution is 5.71. The minimum absolute atomic E-state index is 0.0706. The highest BCUT2D eigenvalue weighted by Gasteiger charge is 2.16. The van der Waals surface area contributed by atoms with Crippen molar-refractivity contribution in [3.8, 4) is 0 Å². The van der Waals surface area contributed by atoms with Gasteiger partial charge in [-0.3, -0.25) is 0 Å². The molecule has 10 heteroatoms. The Bertz CT molecular complexity index is 454. The normalized spacial score (nSPS) is 15.1. The summed E-state index contributed by atoms with van der Waals surface area (Å²) < 4.78 is 43.3. The van der Waals surface area contributed by atoms with Gasteiger partial charge in [-0.2, -0.15) is 0 Å². The Morgan fingerprint density at radius 1 is 0.667 bits per heavy atom. The molecule has 1 heterocycles. The Labute approximate surface area is 198 Å². The minimum atomic E-state index is -0.498. The number of esters is 1. The fourth-order valence-corrected chi connectivity index (χ4v) is 2.86. The summed E-state index contributed by atoms with van der Waals surface area (Å²) in [4.78, 5) is 11.4. The zero-order chi connectivity index (χ0) is 24.0. The van der Waals surface area contributed by atoms with Gasteiger partial charge in [-0.25, -0.2) is 4.79 Å². The number of hydrogen-bond acceptors (Lipinski definition) is 10. The summed E-state index contributed by atoms with van der Waals surface area (Å²) in [5, 5.41) is 3.32. The summed E-state index contributed by atoms with van der Waals surface area (Å²) in [6, 6.07) is 0. The molecule has 10 nitrogen and oxygen atoms in total. The summed E-state index contributed by atoms with van der Waals surface area (Å²) in [6.07, 6.45) is 2.53. The summed E-state index contributed by atoms with van der Waals surface area (Å²) >= 11 is 0. The van der Waals surface area contributed by atoms with E-state index in [0.717, 1.165) is 25.9 Å². The molecule has 1 N–H and O–H groups in total. The van der Waals surface area contributed by atoms with Crippen LogP contribution in [0.25, 0.3) is 0 Å². The molecular weight excluding hydrogens is 434 g/mol. The number of piperidine rings is 1. The molecule has 0 aromatic rings. The number of carbonyl (C=O) groups excluding carboxylic acids is 1. The first kappa shape index (κ1) is 30.2. The average molecular weight is 480 g/mol. The lowest BCUT2D eigenvalue weighted by atomic mass is 10.1. The standard InChI is InChI=1S/C23H45NO9/c1-23(2,3)33-22(25)20-31-17-16-29-13-12-27-9-8-26-10-11-28-14-15-30-18-19-32-21-4-6-24-7-5-21/h21,24H,4-20H2,1-3H3. The second-order valence-corrected chi connectivity index (χ2v) is 8.52. The zero-order valence-electron chi connectivity index (χ0n) is 20.8. The third-order valence-electron chi connectivity index (χ3n) is 4.37. The smallest absolute Gasteiger partial charge is 0.332 e. The average Bonchev–Trinajstić information content (AvgIpc) is 2.77. The van der Waals surface area contributed by atoms with Gasteiger partial charge < -0.3 is 43.2 Å². The van der Waals surface area contributed by atoms with E-state index in [1.807, 2.05) is 20.8 Å². The molecule has 0 unspecified atom stereocenters. The second kappa shape index (κ2) is 20.5. The first-order valence-corrected chi connectivity index (χ1v) is 12.0. The van der Waals surface area contributed by atoms with Crippen molar-refractivity contribution in [3.05, 3.63) is 0 Å². The van der Waals surface area contributed by atoms with Crippen LogP contribution in [0, 0.1) is 0 Å². The van der Waals surface area contributed by atoms with Gasteiger partial charge in [0, 0.05) is 0 Å². The van der Waals surface area contributed by atoms with Gasteiger partial charge in [-0.15, -0.1) is 0 Å². The van der Waals surface area contributed by atoms with Gasteiger partial charge in [0.05, 0.1) is 85.4 Å². The Morgan fingerprint density at radius 2 is 1.06 bits per heavy atom. The van der Waals surface area contributed by atoms with E-state index in [1.54, 1.807) is 0 Å². The quantitative estimate of drug-likeness (QED) is 0.191. The van der Waals surface area contributed by atoms with Gasteiger partial charge in [-0.05, 0) is 46.7 Å². The van der Waals surface area contributed by atoms with E-state index in [-0.39, 0.29) is 12.6 Å². The Balaban J connectivity index is 1.68. The Kier molecular flexibility index (Phi) is 18.8. The lowest BCUT2D eigenvalue weighted by Crippen LogP contribution is -2.33. The van der Waals surface area contributed by atoms with Gasteiger partial charge in [0.2, 0.25) is 0 Å². The van der Waals surface area contributed by atoms with Crippen molar-refractivity contribution in [2.45, 2.75) is 45.3 Å². The number of carbonyl (C=O) groups is 1. The van der Waals surface area contributed by atoms with E-state index < -0.39 is 5.60 Å². The molecule has 0 saturated carbocycles. The van der Waals surface area contributed by atoms with Gasteiger partial charge in [0.1, 0.15) is 12.2 Å². The molecule has 196 valence electrons. The summed E-state index contributed by atoms with van der Waals surface area (Å²) in [5.74, 6) is -0.377. The molecule has 0 aliphatic carbocycles. The van der Waals surface area contributed by atoms with Crippen LogP contribution in [0.5, 0.6) is 0 Å². The van der Waals surface area contributed by atoms with Crippen LogP contribution in [-0.4, -0.2) is 117 Å². The van der Waals surface area contributed by atoms with Gasteiger partial charge >= 0.3 is 5.97 Å². The van der Waals surface area contributed by atoms with Gasteiger partial charge in [0.25, 0.3) is 0 Å². The van der Waals surface area contributed by atoms with Crippen molar-refractivity contribution in [2.24, 2.45) is 0 Å². The molecule has 0 radical (unpaired) electrons. The van der Waals surface area contributed by atoms with Gasteiger partial charge in [0.15, 0.2) is 0 Å². The van der Waals surface area contributed by atoms with E-state index >= 15 is 0 Å². The molecule has 1 saturated heterocycles. The zero-order valence-corrected chi connectivity index (χ0v) is 20.8. The van der Waals surface area contributed by atoms with E-state index in [9.17, 15) is 4.79 Å². The highest BCUT2D eigenvalue weighted by atomic mass is 16.6. The van der Waals surface area contributed by atoms with E-state index in [4.69, 9.17) is 37.9 Å². The number of nitrogens with one attached hydrogen (secondary N) is 1. The monoisotopic (exact) mass is 479 g/mol. The predicted octanol–water partition coefficient (Wildman–Crippen LogP) is 1.20.